The largest absolute Gasteiger partial charge is 0.461 e. The van der Waals surface area contributed by atoms with E-state index in [0.717, 1.165) is 31.3 Å². The molecule has 1 aromatic carbocycles. The molecule has 0 radical (unpaired) electrons. The molecule has 132 valence electrons. The lowest BCUT2D eigenvalue weighted by Crippen LogP contribution is -2.70. The molecule has 1 spiro atoms. The van der Waals surface area contributed by atoms with Crippen LogP contribution in [0, 0.1) is 18.3 Å². The highest BCUT2D eigenvalue weighted by atomic mass is 28.4. The summed E-state index contributed by atoms with van der Waals surface area (Å²) in [5.41, 5.74) is 5.25. The third-order valence-electron chi connectivity index (χ3n) is 6.93. The van der Waals surface area contributed by atoms with Gasteiger partial charge in [-0.2, -0.15) is 0 Å². The summed E-state index contributed by atoms with van der Waals surface area (Å²) < 4.78 is 13.0. The molecular weight excluding hydrogens is 328 g/mol. The predicted molar refractivity (Wildman–Crippen MR) is 98.9 cm³/mol. The van der Waals surface area contributed by atoms with Crippen molar-refractivity contribution in [1.82, 2.24) is 0 Å². The first-order valence-electron chi connectivity index (χ1n) is 9.42. The van der Waals surface area contributed by atoms with Crippen LogP contribution in [0.25, 0.3) is 0 Å². The molecule has 2 saturated heterocycles. The van der Waals surface area contributed by atoms with Crippen LogP contribution in [-0.4, -0.2) is 20.4 Å². The van der Waals surface area contributed by atoms with Gasteiger partial charge >= 0.3 is 5.97 Å². The van der Waals surface area contributed by atoms with Crippen LogP contribution in [0.3, 0.4) is 0 Å². The van der Waals surface area contributed by atoms with Gasteiger partial charge in [-0.15, -0.1) is 0 Å². The van der Waals surface area contributed by atoms with E-state index in [2.05, 4.69) is 45.3 Å². The molecule has 1 saturated carbocycles. The maximum atomic E-state index is 13.2. The fourth-order valence-corrected chi connectivity index (χ4v) is 7.56. The lowest BCUT2D eigenvalue weighted by molar-refractivity contribution is -0.234. The average molecular weight is 355 g/mol. The lowest BCUT2D eigenvalue weighted by Gasteiger charge is -2.63. The Morgan fingerprint density at radius 3 is 2.72 bits per heavy atom. The number of benzene rings is 1. The van der Waals surface area contributed by atoms with Crippen LogP contribution in [0.2, 0.25) is 19.6 Å². The van der Waals surface area contributed by atoms with Gasteiger partial charge in [-0.25, -0.2) is 0 Å². The van der Waals surface area contributed by atoms with Crippen molar-refractivity contribution in [2.24, 2.45) is 11.3 Å². The summed E-state index contributed by atoms with van der Waals surface area (Å²) in [7, 11) is -1.91. The molecule has 6 rings (SSSR count). The number of hydrogen-bond donors (Lipinski definition) is 0. The molecule has 1 aromatic rings. The number of fused-ring (bicyclic) bond motifs is 2. The van der Waals surface area contributed by atoms with Crippen molar-refractivity contribution in [2.45, 2.75) is 64.0 Å². The van der Waals surface area contributed by atoms with Crippen molar-refractivity contribution >= 4 is 14.3 Å². The molecule has 4 heteroatoms. The van der Waals surface area contributed by atoms with Crippen molar-refractivity contribution in [3.63, 3.8) is 0 Å². The van der Waals surface area contributed by atoms with Gasteiger partial charge in [0.1, 0.15) is 17.1 Å². The summed E-state index contributed by atoms with van der Waals surface area (Å²) in [5, 5.41) is 0. The van der Waals surface area contributed by atoms with Crippen LogP contribution in [0.5, 0.6) is 0 Å². The zero-order chi connectivity index (χ0) is 17.8. The highest BCUT2D eigenvalue weighted by Gasteiger charge is 2.76. The third-order valence-corrected chi connectivity index (χ3v) is 7.86. The summed E-state index contributed by atoms with van der Waals surface area (Å²) >= 11 is 0. The predicted octanol–water partition coefficient (Wildman–Crippen LogP) is 4.03. The van der Waals surface area contributed by atoms with E-state index in [1.807, 2.05) is 0 Å². The molecule has 0 N–H and O–H groups in total. The Kier molecular flexibility index (Phi) is 2.83. The molecule has 0 amide bonds. The van der Waals surface area contributed by atoms with Crippen LogP contribution < -0.4 is 0 Å². The van der Waals surface area contributed by atoms with Gasteiger partial charge in [-0.3, -0.25) is 4.79 Å². The van der Waals surface area contributed by atoms with E-state index in [0.29, 0.717) is 0 Å². The maximum Gasteiger partial charge on any atom is 0.319 e. The number of ether oxygens (including phenoxy) is 1. The highest BCUT2D eigenvalue weighted by molar-refractivity contribution is 6.69. The van der Waals surface area contributed by atoms with E-state index in [9.17, 15) is 4.79 Å². The molecular formula is C21H26O3Si. The van der Waals surface area contributed by atoms with Crippen molar-refractivity contribution in [3.05, 3.63) is 46.5 Å². The summed E-state index contributed by atoms with van der Waals surface area (Å²) in [4.78, 5) is 13.2. The molecule has 4 atom stereocenters. The Balaban J connectivity index is 1.89. The Morgan fingerprint density at radius 2 is 2.04 bits per heavy atom. The van der Waals surface area contributed by atoms with Crippen LogP contribution in [0.4, 0.5) is 0 Å². The SMILES string of the molecule is C=C1CC2OC(=O)C13CCc1ccc(C)c4c1C3(O[Si](C)(C)C)[C@@H]2C4. The van der Waals surface area contributed by atoms with Gasteiger partial charge < -0.3 is 9.16 Å². The molecule has 3 aliphatic carbocycles. The lowest BCUT2D eigenvalue weighted by atomic mass is 9.49. The van der Waals surface area contributed by atoms with E-state index in [-0.39, 0.29) is 18.0 Å². The Bertz CT molecular complexity index is 816. The van der Waals surface area contributed by atoms with Crippen LogP contribution in [-0.2, 0) is 32.4 Å². The molecule has 2 bridgehead atoms. The Hall–Kier alpha value is -1.39. The zero-order valence-corrected chi connectivity index (χ0v) is 16.6. The Labute approximate surface area is 150 Å². The van der Waals surface area contributed by atoms with Crippen molar-refractivity contribution in [2.75, 3.05) is 0 Å². The van der Waals surface area contributed by atoms with E-state index in [1.54, 1.807) is 0 Å². The van der Waals surface area contributed by atoms with Crippen molar-refractivity contribution in [3.8, 4) is 0 Å². The zero-order valence-electron chi connectivity index (χ0n) is 15.6. The van der Waals surface area contributed by atoms with Gasteiger partial charge in [0.25, 0.3) is 0 Å². The molecule has 3 unspecified atom stereocenters. The second-order valence-corrected chi connectivity index (χ2v) is 13.7. The molecule has 25 heavy (non-hydrogen) atoms. The maximum absolute atomic E-state index is 13.2. The molecule has 3 fully saturated rings. The minimum atomic E-state index is -1.91. The topological polar surface area (TPSA) is 35.5 Å². The fraction of sp³-hybridized carbons (Fsp3) is 0.571. The normalized spacial score (nSPS) is 37.9. The molecule has 0 aromatic heterocycles. The number of esters is 1. The minimum absolute atomic E-state index is 0.0803. The second-order valence-electron chi connectivity index (χ2n) is 9.31. The van der Waals surface area contributed by atoms with Gasteiger partial charge in [-0.1, -0.05) is 24.3 Å². The highest BCUT2D eigenvalue weighted by Crippen LogP contribution is 2.71. The summed E-state index contributed by atoms with van der Waals surface area (Å²) in [6.07, 6.45) is 3.36. The summed E-state index contributed by atoms with van der Waals surface area (Å²) in [6.45, 7) is 13.3. The summed E-state index contributed by atoms with van der Waals surface area (Å²) in [6, 6.07) is 4.50. The van der Waals surface area contributed by atoms with E-state index >= 15 is 0 Å². The molecule has 2 heterocycles. The van der Waals surface area contributed by atoms with Gasteiger partial charge in [0.05, 0.1) is 0 Å². The van der Waals surface area contributed by atoms with Crippen LogP contribution >= 0.6 is 0 Å². The van der Waals surface area contributed by atoms with Gasteiger partial charge in [-0.05, 0) is 68.1 Å². The van der Waals surface area contributed by atoms with E-state index in [1.165, 1.54) is 22.3 Å². The number of rotatable bonds is 2. The van der Waals surface area contributed by atoms with Gasteiger partial charge in [0, 0.05) is 12.3 Å². The molecule has 3 nitrogen and oxygen atoms in total. The number of carbonyl (C=O) groups excluding carboxylic acids is 1. The smallest absolute Gasteiger partial charge is 0.319 e. The van der Waals surface area contributed by atoms with Crippen molar-refractivity contribution < 1.29 is 14.0 Å². The molecule has 2 aliphatic heterocycles. The third kappa shape index (κ3) is 1.64. The number of aryl methyl sites for hydroxylation is 2. The first kappa shape index (κ1) is 15.8. The number of carbonyl (C=O) groups is 1. The van der Waals surface area contributed by atoms with Crippen molar-refractivity contribution in [1.29, 1.82) is 0 Å². The standard InChI is InChI=1S/C21H26O3Si/c1-12-6-7-14-8-9-20-13(2)10-17(23-19(20)22)16-11-15(12)18(14)21(16,20)24-25(3,4)5/h6-7,16-17H,2,8-11H2,1,3-5H3/t16-,17?,20?,21?/m1/s1. The minimum Gasteiger partial charge on any atom is -0.461 e. The number of hydrogen-bond acceptors (Lipinski definition) is 3. The van der Waals surface area contributed by atoms with Gasteiger partial charge in [0.15, 0.2) is 8.32 Å². The quantitative estimate of drug-likeness (QED) is 0.457. The van der Waals surface area contributed by atoms with Crippen LogP contribution in [0.15, 0.2) is 24.3 Å². The molecule has 5 aliphatic rings. The first-order valence-corrected chi connectivity index (χ1v) is 12.8. The van der Waals surface area contributed by atoms with Gasteiger partial charge in [0.2, 0.25) is 0 Å². The van der Waals surface area contributed by atoms with E-state index in [4.69, 9.17) is 9.16 Å². The average Bonchev–Trinajstić information content (AvgIpc) is 2.84. The van der Waals surface area contributed by atoms with E-state index < -0.39 is 19.3 Å². The fourth-order valence-electron chi connectivity index (χ4n) is 6.17. The summed E-state index contributed by atoms with van der Waals surface area (Å²) in [5.74, 6) is 0.154. The van der Waals surface area contributed by atoms with Crippen LogP contribution in [0.1, 0.15) is 35.1 Å². The second kappa shape index (κ2) is 4.47. The Morgan fingerprint density at radius 1 is 1.28 bits per heavy atom. The first-order chi connectivity index (χ1) is 11.7. The monoisotopic (exact) mass is 354 g/mol.